The molecule has 0 aliphatic carbocycles. The Morgan fingerprint density at radius 1 is 1.28 bits per heavy atom. The number of rotatable bonds is 4. The van der Waals surface area contributed by atoms with E-state index in [1.165, 1.54) is 12.1 Å². The first-order valence-electron chi connectivity index (χ1n) is 5.40. The zero-order valence-electron chi connectivity index (χ0n) is 9.55. The molecule has 0 bridgehead atoms. The molecule has 6 nitrogen and oxygen atoms in total. The van der Waals surface area contributed by atoms with E-state index >= 15 is 0 Å². The summed E-state index contributed by atoms with van der Waals surface area (Å²) in [4.78, 5) is 0.102. The maximum Gasteiger partial charge on any atom is 0.240 e. The first-order valence-corrected chi connectivity index (χ1v) is 6.88. The first kappa shape index (κ1) is 12.7. The number of hydrogen-bond acceptors (Lipinski definition) is 5. The van der Waals surface area contributed by atoms with Crippen LogP contribution in [-0.2, 0) is 10.0 Å². The van der Waals surface area contributed by atoms with Gasteiger partial charge in [0.15, 0.2) is 11.5 Å². The van der Waals surface area contributed by atoms with Gasteiger partial charge in [0.1, 0.15) is 13.2 Å². The van der Waals surface area contributed by atoms with Gasteiger partial charge >= 0.3 is 0 Å². The highest BCUT2D eigenvalue weighted by atomic mass is 32.2. The van der Waals surface area contributed by atoms with Crippen molar-refractivity contribution in [1.82, 2.24) is 4.72 Å². The molecule has 1 heterocycles. The van der Waals surface area contributed by atoms with Crippen LogP contribution in [0.25, 0.3) is 0 Å². The molecule has 1 aromatic carbocycles. The molecule has 0 saturated heterocycles. The van der Waals surface area contributed by atoms with E-state index in [2.05, 4.69) is 4.72 Å². The van der Waals surface area contributed by atoms with Gasteiger partial charge in [0, 0.05) is 19.0 Å². The maximum atomic E-state index is 11.9. The Kier molecular flexibility index (Phi) is 3.69. The standard InChI is InChI=1S/C11H12N2O4S/c12-4-1-5-13-18(14,15)9-2-3-10-11(8-9)17-7-6-16-10/h2-3,8,13H,1,5-7H2. The fourth-order valence-electron chi connectivity index (χ4n) is 1.52. The lowest BCUT2D eigenvalue weighted by Gasteiger charge is -2.18. The fourth-order valence-corrected chi connectivity index (χ4v) is 2.56. The van der Waals surface area contributed by atoms with Gasteiger partial charge in [-0.15, -0.1) is 0 Å². The van der Waals surface area contributed by atoms with Crippen LogP contribution >= 0.6 is 0 Å². The van der Waals surface area contributed by atoms with Gasteiger partial charge < -0.3 is 9.47 Å². The van der Waals surface area contributed by atoms with Gasteiger partial charge in [-0.3, -0.25) is 0 Å². The highest BCUT2D eigenvalue weighted by molar-refractivity contribution is 7.89. The average molecular weight is 268 g/mol. The molecule has 18 heavy (non-hydrogen) atoms. The van der Waals surface area contributed by atoms with Gasteiger partial charge in [0.2, 0.25) is 10.0 Å². The van der Waals surface area contributed by atoms with Gasteiger partial charge in [-0.2, -0.15) is 5.26 Å². The molecule has 0 spiro atoms. The van der Waals surface area contributed by atoms with Crippen molar-refractivity contribution >= 4 is 10.0 Å². The maximum absolute atomic E-state index is 11.9. The van der Waals surface area contributed by atoms with Crippen molar-refractivity contribution in [1.29, 1.82) is 5.26 Å². The van der Waals surface area contributed by atoms with Crippen molar-refractivity contribution in [3.63, 3.8) is 0 Å². The predicted octanol–water partition coefficient (Wildman–Crippen LogP) is 0.650. The molecule has 0 saturated carbocycles. The lowest BCUT2D eigenvalue weighted by atomic mass is 10.3. The zero-order valence-corrected chi connectivity index (χ0v) is 10.4. The summed E-state index contributed by atoms with van der Waals surface area (Å²) in [6, 6.07) is 6.30. The van der Waals surface area contributed by atoms with Crippen LogP contribution in [0.5, 0.6) is 11.5 Å². The average Bonchev–Trinajstić information content (AvgIpc) is 2.38. The summed E-state index contributed by atoms with van der Waals surface area (Å²) < 4.78 is 36.7. The van der Waals surface area contributed by atoms with E-state index < -0.39 is 10.0 Å². The van der Waals surface area contributed by atoms with Crippen LogP contribution in [0.1, 0.15) is 6.42 Å². The fraction of sp³-hybridized carbons (Fsp3) is 0.364. The van der Waals surface area contributed by atoms with E-state index in [-0.39, 0.29) is 17.9 Å². The molecule has 7 heteroatoms. The van der Waals surface area contributed by atoms with Crippen molar-refractivity contribution in [2.24, 2.45) is 0 Å². The second kappa shape index (κ2) is 5.25. The Morgan fingerprint density at radius 2 is 2.00 bits per heavy atom. The molecule has 0 aromatic heterocycles. The Morgan fingerprint density at radius 3 is 2.72 bits per heavy atom. The van der Waals surface area contributed by atoms with E-state index in [9.17, 15) is 8.42 Å². The number of nitriles is 1. The quantitative estimate of drug-likeness (QED) is 0.810. The largest absolute Gasteiger partial charge is 0.486 e. The molecule has 1 aliphatic heterocycles. The monoisotopic (exact) mass is 268 g/mol. The molecular formula is C11H12N2O4S. The Bertz CT molecular complexity index is 577. The van der Waals surface area contributed by atoms with Crippen LogP contribution in [0.2, 0.25) is 0 Å². The van der Waals surface area contributed by atoms with E-state index in [4.69, 9.17) is 14.7 Å². The molecule has 0 fully saturated rings. The zero-order chi connectivity index (χ0) is 13.0. The van der Waals surface area contributed by atoms with E-state index in [0.717, 1.165) is 0 Å². The summed E-state index contributed by atoms with van der Waals surface area (Å²) in [5.74, 6) is 0.960. The highest BCUT2D eigenvalue weighted by Gasteiger charge is 2.18. The molecule has 0 amide bonds. The summed E-state index contributed by atoms with van der Waals surface area (Å²) in [6.45, 7) is 0.950. The smallest absolute Gasteiger partial charge is 0.240 e. The molecule has 0 radical (unpaired) electrons. The first-order chi connectivity index (χ1) is 8.63. The molecule has 2 rings (SSSR count). The minimum atomic E-state index is -3.60. The van der Waals surface area contributed by atoms with Crippen molar-refractivity contribution in [3.05, 3.63) is 18.2 Å². The third-order valence-electron chi connectivity index (χ3n) is 2.35. The summed E-state index contributed by atoms with van der Waals surface area (Å²) in [5.41, 5.74) is 0. The topological polar surface area (TPSA) is 88.4 Å². The Hall–Kier alpha value is -1.78. The minimum Gasteiger partial charge on any atom is -0.486 e. The molecular weight excluding hydrogens is 256 g/mol. The van der Waals surface area contributed by atoms with Crippen molar-refractivity contribution < 1.29 is 17.9 Å². The second-order valence-electron chi connectivity index (χ2n) is 3.61. The van der Waals surface area contributed by atoms with E-state index in [1.54, 1.807) is 6.07 Å². The van der Waals surface area contributed by atoms with Crippen molar-refractivity contribution in [2.75, 3.05) is 19.8 Å². The van der Waals surface area contributed by atoms with Gasteiger partial charge in [-0.1, -0.05) is 0 Å². The minimum absolute atomic E-state index is 0.0906. The van der Waals surface area contributed by atoms with Crippen LogP contribution < -0.4 is 14.2 Å². The lowest BCUT2D eigenvalue weighted by Crippen LogP contribution is -2.25. The number of ether oxygens (including phenoxy) is 2. The SMILES string of the molecule is N#CCCNS(=O)(=O)c1ccc2c(c1)OCCO2. The molecule has 0 atom stereocenters. The van der Waals surface area contributed by atoms with Gasteiger partial charge in [-0.25, -0.2) is 13.1 Å². The number of benzene rings is 1. The molecule has 0 unspecified atom stereocenters. The van der Waals surface area contributed by atoms with Crippen molar-refractivity contribution in [2.45, 2.75) is 11.3 Å². The summed E-state index contributed by atoms with van der Waals surface area (Å²) in [5, 5.41) is 8.37. The summed E-state index contributed by atoms with van der Waals surface area (Å²) in [7, 11) is -3.60. The van der Waals surface area contributed by atoms with Crippen LogP contribution in [-0.4, -0.2) is 28.2 Å². The van der Waals surface area contributed by atoms with Crippen LogP contribution in [0.4, 0.5) is 0 Å². The van der Waals surface area contributed by atoms with Gasteiger partial charge in [0.25, 0.3) is 0 Å². The van der Waals surface area contributed by atoms with Gasteiger partial charge in [0.05, 0.1) is 11.0 Å². The summed E-state index contributed by atoms with van der Waals surface area (Å²) in [6.07, 6.45) is 0.129. The van der Waals surface area contributed by atoms with Gasteiger partial charge in [-0.05, 0) is 12.1 Å². The number of hydrogen-bond donors (Lipinski definition) is 1. The molecule has 1 N–H and O–H groups in total. The van der Waals surface area contributed by atoms with Crippen LogP contribution in [0.15, 0.2) is 23.1 Å². The number of nitrogens with zero attached hydrogens (tertiary/aromatic N) is 1. The Labute approximate surface area is 105 Å². The Balaban J connectivity index is 2.20. The van der Waals surface area contributed by atoms with Crippen LogP contribution in [0.3, 0.4) is 0 Å². The molecule has 1 aromatic rings. The highest BCUT2D eigenvalue weighted by Crippen LogP contribution is 2.32. The summed E-state index contributed by atoms with van der Waals surface area (Å²) >= 11 is 0. The van der Waals surface area contributed by atoms with Crippen molar-refractivity contribution in [3.8, 4) is 17.6 Å². The second-order valence-corrected chi connectivity index (χ2v) is 5.38. The van der Waals surface area contributed by atoms with Crippen LogP contribution in [0, 0.1) is 11.3 Å². The lowest BCUT2D eigenvalue weighted by molar-refractivity contribution is 0.171. The van der Waals surface area contributed by atoms with E-state index in [0.29, 0.717) is 24.7 Å². The number of nitrogens with one attached hydrogen (secondary N) is 1. The number of fused-ring (bicyclic) bond motifs is 1. The third-order valence-corrected chi connectivity index (χ3v) is 3.81. The third kappa shape index (κ3) is 2.72. The molecule has 1 aliphatic rings. The normalized spacial score (nSPS) is 13.9. The van der Waals surface area contributed by atoms with E-state index in [1.807, 2.05) is 6.07 Å². The molecule has 96 valence electrons. The predicted molar refractivity (Wildman–Crippen MR) is 62.9 cm³/mol. The number of sulfonamides is 1.